The molecule has 2 atom stereocenters. The second kappa shape index (κ2) is 9.84. The van der Waals surface area contributed by atoms with Crippen LogP contribution in [0.1, 0.15) is 48.0 Å². The summed E-state index contributed by atoms with van der Waals surface area (Å²) in [6.45, 7) is 0.323. The summed E-state index contributed by atoms with van der Waals surface area (Å²) in [6, 6.07) is 11.1. The van der Waals surface area contributed by atoms with Gasteiger partial charge in [0.05, 0.1) is 41.4 Å². The number of nitrogens with zero attached hydrogens (tertiary/aromatic N) is 4. The van der Waals surface area contributed by atoms with Crippen molar-refractivity contribution >= 4 is 16.8 Å². The summed E-state index contributed by atoms with van der Waals surface area (Å²) < 4.78 is 3.31. The van der Waals surface area contributed by atoms with E-state index in [1.807, 2.05) is 43.7 Å². The Balaban J connectivity index is 1.45. The topological polar surface area (TPSA) is 102 Å². The number of hydrogen-bond acceptors (Lipinski definition) is 5. The summed E-state index contributed by atoms with van der Waals surface area (Å²) in [5.41, 5.74) is 3.51. The standard InChI is InChI=1S/C27H29N5O3/c1-31-16-20(14-29-31)19-11-9-18(10-12-19)15-32-17-22(25-21(27(32)35)6-5-13-28-25)26(34)30-23-7-3-2-4-8-24(23)33/h5-6,9-14,16-17,23-24,33H,2-4,7-8,15H2,1H3,(H,30,34)/t23-,24-/m0/s1. The third-order valence-corrected chi connectivity index (χ3v) is 6.72. The second-order valence-electron chi connectivity index (χ2n) is 9.26. The lowest BCUT2D eigenvalue weighted by molar-refractivity contribution is 0.0819. The van der Waals surface area contributed by atoms with E-state index in [2.05, 4.69) is 15.4 Å². The van der Waals surface area contributed by atoms with E-state index in [1.165, 1.54) is 0 Å². The summed E-state index contributed by atoms with van der Waals surface area (Å²) >= 11 is 0. The number of fused-ring (bicyclic) bond motifs is 1. The van der Waals surface area contributed by atoms with Crippen molar-refractivity contribution in [2.75, 3.05) is 0 Å². The maximum Gasteiger partial charge on any atom is 0.260 e. The Morgan fingerprint density at radius 1 is 1.09 bits per heavy atom. The molecule has 0 spiro atoms. The lowest BCUT2D eigenvalue weighted by Crippen LogP contribution is -2.43. The van der Waals surface area contributed by atoms with Crippen LogP contribution in [0, 0.1) is 0 Å². The molecule has 4 aromatic rings. The van der Waals surface area contributed by atoms with E-state index >= 15 is 0 Å². The average molecular weight is 472 g/mol. The number of rotatable bonds is 5. The predicted octanol–water partition coefficient (Wildman–Crippen LogP) is 3.27. The molecule has 1 aromatic carbocycles. The molecule has 1 saturated carbocycles. The van der Waals surface area contributed by atoms with Crippen LogP contribution in [0.2, 0.25) is 0 Å². The van der Waals surface area contributed by atoms with Crippen LogP contribution in [0.5, 0.6) is 0 Å². The van der Waals surface area contributed by atoms with E-state index < -0.39 is 6.10 Å². The zero-order chi connectivity index (χ0) is 24.4. The van der Waals surface area contributed by atoms with Gasteiger partial charge >= 0.3 is 0 Å². The van der Waals surface area contributed by atoms with Gasteiger partial charge in [-0.25, -0.2) is 0 Å². The van der Waals surface area contributed by atoms with Gasteiger partial charge in [0.1, 0.15) is 0 Å². The highest BCUT2D eigenvalue weighted by molar-refractivity contribution is 6.05. The van der Waals surface area contributed by atoms with Crippen LogP contribution in [0.4, 0.5) is 0 Å². The summed E-state index contributed by atoms with van der Waals surface area (Å²) in [7, 11) is 1.88. The summed E-state index contributed by atoms with van der Waals surface area (Å²) in [6.07, 6.45) is 10.8. The van der Waals surface area contributed by atoms with E-state index in [9.17, 15) is 14.7 Å². The number of benzene rings is 1. The fraction of sp³-hybridized carbons (Fsp3) is 0.333. The fourth-order valence-corrected chi connectivity index (χ4v) is 4.78. The molecule has 0 bridgehead atoms. The van der Waals surface area contributed by atoms with Gasteiger partial charge < -0.3 is 15.0 Å². The molecule has 0 saturated heterocycles. The number of nitrogens with one attached hydrogen (secondary N) is 1. The third-order valence-electron chi connectivity index (χ3n) is 6.72. The molecule has 1 aliphatic carbocycles. The number of amides is 1. The number of carbonyl (C=O) groups excluding carboxylic acids is 1. The van der Waals surface area contributed by atoms with Gasteiger partial charge in [0.25, 0.3) is 11.5 Å². The van der Waals surface area contributed by atoms with Crippen molar-refractivity contribution in [2.45, 2.75) is 50.8 Å². The fourth-order valence-electron chi connectivity index (χ4n) is 4.78. The Kier molecular flexibility index (Phi) is 6.46. The Bertz CT molecular complexity index is 1410. The first-order valence-electron chi connectivity index (χ1n) is 12.0. The minimum absolute atomic E-state index is 0.199. The number of aliphatic hydroxyl groups excluding tert-OH is 1. The summed E-state index contributed by atoms with van der Waals surface area (Å²) in [4.78, 5) is 30.9. The van der Waals surface area contributed by atoms with Crippen LogP contribution in [-0.4, -0.2) is 42.5 Å². The molecule has 5 rings (SSSR count). The number of aryl methyl sites for hydroxylation is 1. The molecule has 2 N–H and O–H groups in total. The SMILES string of the molecule is Cn1cc(-c2ccc(Cn3cc(C(=O)N[C@H]4CCCCC[C@@H]4O)c4ncccc4c3=O)cc2)cn1. The lowest BCUT2D eigenvalue weighted by Gasteiger charge is -2.22. The largest absolute Gasteiger partial charge is 0.391 e. The Hall–Kier alpha value is -3.78. The van der Waals surface area contributed by atoms with Crippen LogP contribution in [0.3, 0.4) is 0 Å². The van der Waals surface area contributed by atoms with Gasteiger partial charge in [-0.15, -0.1) is 0 Å². The molecule has 0 unspecified atom stereocenters. The van der Waals surface area contributed by atoms with Crippen molar-refractivity contribution in [3.05, 3.63) is 82.7 Å². The minimum atomic E-state index is -0.565. The third kappa shape index (κ3) is 4.88. The van der Waals surface area contributed by atoms with Crippen molar-refractivity contribution in [3.63, 3.8) is 0 Å². The molecule has 1 fully saturated rings. The Labute approximate surface area is 203 Å². The normalized spacial score (nSPS) is 18.3. The van der Waals surface area contributed by atoms with E-state index in [1.54, 1.807) is 33.8 Å². The monoisotopic (exact) mass is 471 g/mol. The van der Waals surface area contributed by atoms with E-state index in [-0.39, 0.29) is 17.5 Å². The molecule has 8 heteroatoms. The molecule has 3 aromatic heterocycles. The first kappa shape index (κ1) is 23.0. The second-order valence-corrected chi connectivity index (χ2v) is 9.26. The number of carbonyl (C=O) groups is 1. The van der Waals surface area contributed by atoms with Crippen LogP contribution in [-0.2, 0) is 13.6 Å². The van der Waals surface area contributed by atoms with Gasteiger partial charge in [-0.1, -0.05) is 43.5 Å². The zero-order valence-corrected chi connectivity index (χ0v) is 19.7. The average Bonchev–Trinajstić information content (AvgIpc) is 3.21. The number of pyridine rings is 2. The van der Waals surface area contributed by atoms with Gasteiger partial charge in [0.2, 0.25) is 0 Å². The van der Waals surface area contributed by atoms with Crippen LogP contribution < -0.4 is 10.9 Å². The Morgan fingerprint density at radius 3 is 2.66 bits per heavy atom. The van der Waals surface area contributed by atoms with E-state index in [4.69, 9.17) is 0 Å². The highest BCUT2D eigenvalue weighted by Gasteiger charge is 2.25. The lowest BCUT2D eigenvalue weighted by atomic mass is 10.0. The predicted molar refractivity (Wildman–Crippen MR) is 134 cm³/mol. The summed E-state index contributed by atoms with van der Waals surface area (Å²) in [5, 5.41) is 18.1. The van der Waals surface area contributed by atoms with Crippen molar-refractivity contribution in [3.8, 4) is 11.1 Å². The molecule has 0 aliphatic heterocycles. The van der Waals surface area contributed by atoms with Crippen molar-refractivity contribution < 1.29 is 9.90 Å². The van der Waals surface area contributed by atoms with Gasteiger partial charge in [-0.3, -0.25) is 19.3 Å². The quantitative estimate of drug-likeness (QED) is 0.435. The number of aromatic nitrogens is 4. The van der Waals surface area contributed by atoms with E-state index in [0.717, 1.165) is 42.4 Å². The molecule has 3 heterocycles. The molecule has 0 radical (unpaired) electrons. The van der Waals surface area contributed by atoms with Crippen molar-refractivity contribution in [1.82, 2.24) is 24.6 Å². The first-order valence-corrected chi connectivity index (χ1v) is 12.0. The first-order chi connectivity index (χ1) is 17.0. The van der Waals surface area contributed by atoms with E-state index in [0.29, 0.717) is 29.4 Å². The van der Waals surface area contributed by atoms with Crippen LogP contribution >= 0.6 is 0 Å². The number of aliphatic hydroxyl groups is 1. The van der Waals surface area contributed by atoms with Crippen LogP contribution in [0.25, 0.3) is 22.0 Å². The van der Waals surface area contributed by atoms with Crippen LogP contribution in [0.15, 0.2) is 66.0 Å². The molecule has 35 heavy (non-hydrogen) atoms. The molecule has 8 nitrogen and oxygen atoms in total. The molecular formula is C27H29N5O3. The molecule has 1 amide bonds. The highest BCUT2D eigenvalue weighted by Crippen LogP contribution is 2.21. The zero-order valence-electron chi connectivity index (χ0n) is 19.7. The molecule has 180 valence electrons. The number of hydrogen-bond donors (Lipinski definition) is 2. The van der Waals surface area contributed by atoms with Gasteiger partial charge in [0, 0.05) is 31.2 Å². The van der Waals surface area contributed by atoms with Crippen molar-refractivity contribution in [1.29, 1.82) is 0 Å². The van der Waals surface area contributed by atoms with Gasteiger partial charge in [0.15, 0.2) is 0 Å². The van der Waals surface area contributed by atoms with Crippen molar-refractivity contribution in [2.24, 2.45) is 7.05 Å². The molecule has 1 aliphatic rings. The highest BCUT2D eigenvalue weighted by atomic mass is 16.3. The smallest absolute Gasteiger partial charge is 0.260 e. The molecular weight excluding hydrogens is 442 g/mol. The maximum absolute atomic E-state index is 13.3. The Morgan fingerprint density at radius 2 is 1.89 bits per heavy atom. The van der Waals surface area contributed by atoms with Gasteiger partial charge in [-0.05, 0) is 36.1 Å². The summed E-state index contributed by atoms with van der Waals surface area (Å²) in [5.74, 6) is -0.319. The maximum atomic E-state index is 13.3. The van der Waals surface area contributed by atoms with Gasteiger partial charge in [-0.2, -0.15) is 5.10 Å². The minimum Gasteiger partial charge on any atom is -0.391 e.